The van der Waals surface area contributed by atoms with Gasteiger partial charge in [0.1, 0.15) is 0 Å². The minimum absolute atomic E-state index is 0.0338. The molecule has 1 heterocycles. The first-order chi connectivity index (χ1) is 8.61. The number of carbonyl (C=O) groups excluding carboxylic acids is 1. The van der Waals surface area contributed by atoms with Gasteiger partial charge in [-0.15, -0.1) is 0 Å². The zero-order valence-electron chi connectivity index (χ0n) is 10.5. The number of amides is 1. The zero-order chi connectivity index (χ0) is 13.1. The molecule has 0 aromatic carbocycles. The lowest BCUT2D eigenvalue weighted by atomic mass is 10.2. The number of rotatable bonds is 5. The average molecular weight is 257 g/mol. The van der Waals surface area contributed by atoms with Gasteiger partial charge in [-0.2, -0.15) is 0 Å². The topological polar surface area (TPSA) is 76.1 Å². The summed E-state index contributed by atoms with van der Waals surface area (Å²) >= 11 is 0. The lowest BCUT2D eigenvalue weighted by Crippen LogP contribution is -2.47. The van der Waals surface area contributed by atoms with Gasteiger partial charge in [-0.25, -0.2) is 0 Å². The van der Waals surface area contributed by atoms with Crippen LogP contribution in [0.15, 0.2) is 0 Å². The molecule has 1 N–H and O–H groups in total. The predicted molar refractivity (Wildman–Crippen MR) is 62.1 cm³/mol. The van der Waals surface area contributed by atoms with E-state index in [1.807, 2.05) is 6.92 Å². The molecule has 3 unspecified atom stereocenters. The van der Waals surface area contributed by atoms with Crippen molar-refractivity contribution in [1.29, 1.82) is 0 Å². The second kappa shape index (κ2) is 5.67. The van der Waals surface area contributed by atoms with Crippen LogP contribution in [0.3, 0.4) is 0 Å². The number of carboxylic acids is 1. The maximum Gasteiger partial charge on any atom is 0.306 e. The van der Waals surface area contributed by atoms with Gasteiger partial charge in [0.15, 0.2) is 0 Å². The standard InChI is InChI=1S/C12H19NO5/c1-2-17-10-6-9(10)12(16)13-3-4-18-8(7-13)5-11(14)15/h8-10H,2-7H2,1H3,(H,14,15). The molecular weight excluding hydrogens is 238 g/mol. The number of ether oxygens (including phenoxy) is 2. The van der Waals surface area contributed by atoms with Gasteiger partial charge in [0.05, 0.1) is 31.2 Å². The molecule has 1 saturated heterocycles. The molecule has 6 nitrogen and oxygen atoms in total. The van der Waals surface area contributed by atoms with E-state index in [-0.39, 0.29) is 30.5 Å². The van der Waals surface area contributed by atoms with E-state index in [0.29, 0.717) is 26.3 Å². The van der Waals surface area contributed by atoms with Crippen LogP contribution in [0.5, 0.6) is 0 Å². The van der Waals surface area contributed by atoms with Crippen LogP contribution in [-0.2, 0) is 19.1 Å². The first kappa shape index (κ1) is 13.3. The molecule has 1 saturated carbocycles. The van der Waals surface area contributed by atoms with Crippen molar-refractivity contribution in [2.24, 2.45) is 5.92 Å². The molecule has 102 valence electrons. The van der Waals surface area contributed by atoms with Gasteiger partial charge in [-0.3, -0.25) is 9.59 Å². The predicted octanol–water partition coefficient (Wildman–Crippen LogP) is 0.114. The summed E-state index contributed by atoms with van der Waals surface area (Å²) in [6, 6.07) is 0. The lowest BCUT2D eigenvalue weighted by Gasteiger charge is -2.32. The highest BCUT2D eigenvalue weighted by molar-refractivity contribution is 5.82. The molecule has 2 rings (SSSR count). The van der Waals surface area contributed by atoms with E-state index in [1.165, 1.54) is 0 Å². The summed E-state index contributed by atoms with van der Waals surface area (Å²) in [5, 5.41) is 8.72. The van der Waals surface area contributed by atoms with Gasteiger partial charge in [0.2, 0.25) is 5.91 Å². The van der Waals surface area contributed by atoms with Gasteiger partial charge in [-0.1, -0.05) is 0 Å². The first-order valence-electron chi connectivity index (χ1n) is 6.35. The maximum absolute atomic E-state index is 12.1. The molecular formula is C12H19NO5. The molecule has 0 spiro atoms. The number of carbonyl (C=O) groups is 2. The van der Waals surface area contributed by atoms with Crippen molar-refractivity contribution < 1.29 is 24.2 Å². The van der Waals surface area contributed by atoms with Crippen LogP contribution in [0, 0.1) is 5.92 Å². The normalized spacial score (nSPS) is 31.2. The van der Waals surface area contributed by atoms with Crippen LogP contribution < -0.4 is 0 Å². The van der Waals surface area contributed by atoms with Crippen LogP contribution in [0.2, 0.25) is 0 Å². The monoisotopic (exact) mass is 257 g/mol. The molecule has 1 aliphatic carbocycles. The number of hydrogen-bond donors (Lipinski definition) is 1. The van der Waals surface area contributed by atoms with Crippen molar-refractivity contribution in [2.75, 3.05) is 26.3 Å². The molecule has 2 aliphatic rings. The van der Waals surface area contributed by atoms with Crippen LogP contribution in [-0.4, -0.2) is 60.4 Å². The number of nitrogens with zero attached hydrogens (tertiary/aromatic N) is 1. The zero-order valence-corrected chi connectivity index (χ0v) is 10.5. The third kappa shape index (κ3) is 3.20. The van der Waals surface area contributed by atoms with Crippen molar-refractivity contribution in [1.82, 2.24) is 4.90 Å². The van der Waals surface area contributed by atoms with E-state index in [9.17, 15) is 9.59 Å². The average Bonchev–Trinajstić information content (AvgIpc) is 3.07. The Labute approximate surface area is 106 Å². The number of aliphatic carboxylic acids is 1. The molecule has 1 aliphatic heterocycles. The van der Waals surface area contributed by atoms with Crippen molar-refractivity contribution in [3.63, 3.8) is 0 Å². The Hall–Kier alpha value is -1.14. The fraction of sp³-hybridized carbons (Fsp3) is 0.833. The molecule has 1 amide bonds. The Morgan fingerprint density at radius 2 is 2.28 bits per heavy atom. The maximum atomic E-state index is 12.1. The van der Waals surface area contributed by atoms with Gasteiger partial charge >= 0.3 is 5.97 Å². The molecule has 18 heavy (non-hydrogen) atoms. The number of morpholine rings is 1. The van der Waals surface area contributed by atoms with Crippen molar-refractivity contribution in [3.8, 4) is 0 Å². The number of carboxylic acid groups (broad SMARTS) is 1. The number of hydrogen-bond acceptors (Lipinski definition) is 4. The first-order valence-corrected chi connectivity index (χ1v) is 6.35. The van der Waals surface area contributed by atoms with Crippen molar-refractivity contribution >= 4 is 11.9 Å². The largest absolute Gasteiger partial charge is 0.481 e. The van der Waals surface area contributed by atoms with E-state index < -0.39 is 5.97 Å². The van der Waals surface area contributed by atoms with Crippen molar-refractivity contribution in [3.05, 3.63) is 0 Å². The van der Waals surface area contributed by atoms with Gasteiger partial charge in [0, 0.05) is 19.7 Å². The van der Waals surface area contributed by atoms with E-state index in [2.05, 4.69) is 0 Å². The highest BCUT2D eigenvalue weighted by Crippen LogP contribution is 2.35. The van der Waals surface area contributed by atoms with Crippen LogP contribution in [0.25, 0.3) is 0 Å². The Morgan fingerprint density at radius 1 is 1.50 bits per heavy atom. The van der Waals surface area contributed by atoms with E-state index >= 15 is 0 Å². The Balaban J connectivity index is 1.82. The second-order valence-electron chi connectivity index (χ2n) is 4.71. The summed E-state index contributed by atoms with van der Waals surface area (Å²) in [7, 11) is 0. The summed E-state index contributed by atoms with van der Waals surface area (Å²) < 4.78 is 10.7. The minimum atomic E-state index is -0.895. The second-order valence-corrected chi connectivity index (χ2v) is 4.71. The van der Waals surface area contributed by atoms with Gasteiger partial charge in [0.25, 0.3) is 0 Å². The van der Waals surface area contributed by atoms with E-state index in [1.54, 1.807) is 4.90 Å². The molecule has 0 aromatic rings. The van der Waals surface area contributed by atoms with Crippen LogP contribution in [0.4, 0.5) is 0 Å². The van der Waals surface area contributed by atoms with E-state index in [4.69, 9.17) is 14.6 Å². The highest BCUT2D eigenvalue weighted by Gasteiger charge is 2.46. The molecule has 6 heteroatoms. The van der Waals surface area contributed by atoms with E-state index in [0.717, 1.165) is 6.42 Å². The van der Waals surface area contributed by atoms with Gasteiger partial charge < -0.3 is 19.5 Å². The fourth-order valence-corrected chi connectivity index (χ4v) is 2.30. The third-order valence-electron chi connectivity index (χ3n) is 3.28. The SMILES string of the molecule is CCOC1CC1C(=O)N1CCOC(CC(=O)O)C1. The Kier molecular flexibility index (Phi) is 4.19. The highest BCUT2D eigenvalue weighted by atomic mass is 16.5. The summed E-state index contributed by atoms with van der Waals surface area (Å²) in [6.45, 7) is 3.87. The summed E-state index contributed by atoms with van der Waals surface area (Å²) in [5.41, 5.74) is 0. The Bertz CT molecular complexity index is 332. The minimum Gasteiger partial charge on any atom is -0.481 e. The Morgan fingerprint density at radius 3 is 2.94 bits per heavy atom. The summed E-state index contributed by atoms with van der Waals surface area (Å²) in [4.78, 5) is 24.5. The smallest absolute Gasteiger partial charge is 0.306 e. The molecule has 3 atom stereocenters. The van der Waals surface area contributed by atoms with Crippen molar-refractivity contribution in [2.45, 2.75) is 32.0 Å². The molecule has 0 bridgehead atoms. The van der Waals surface area contributed by atoms with Crippen LogP contribution in [0.1, 0.15) is 19.8 Å². The molecule has 2 fully saturated rings. The quantitative estimate of drug-likeness (QED) is 0.756. The lowest BCUT2D eigenvalue weighted by molar-refractivity contribution is -0.148. The fourth-order valence-electron chi connectivity index (χ4n) is 2.30. The summed E-state index contributed by atoms with van der Waals surface area (Å²) in [5.74, 6) is -0.853. The molecule has 0 radical (unpaired) electrons. The third-order valence-corrected chi connectivity index (χ3v) is 3.28. The molecule has 0 aromatic heterocycles. The van der Waals surface area contributed by atoms with Gasteiger partial charge in [-0.05, 0) is 13.3 Å². The summed E-state index contributed by atoms with van der Waals surface area (Å²) in [6.07, 6.45) is 0.407. The van der Waals surface area contributed by atoms with Crippen LogP contribution >= 0.6 is 0 Å².